The van der Waals surface area contributed by atoms with Crippen molar-refractivity contribution >= 4 is 15.8 Å². The van der Waals surface area contributed by atoms with Crippen molar-refractivity contribution in [3.8, 4) is 0 Å². The van der Waals surface area contributed by atoms with E-state index in [0.717, 1.165) is 6.26 Å². The maximum Gasteiger partial charge on any atom is 0.308 e. The van der Waals surface area contributed by atoms with Crippen LogP contribution in [0.1, 0.15) is 5.76 Å². The lowest BCUT2D eigenvalue weighted by atomic mass is 10.2. The Labute approximate surface area is 99.5 Å². The third-order valence-electron chi connectivity index (χ3n) is 2.12. The largest absolute Gasteiger partial charge is 0.481 e. The molecule has 1 aromatic rings. The fourth-order valence-corrected chi connectivity index (χ4v) is 2.36. The fourth-order valence-electron chi connectivity index (χ4n) is 1.37. The zero-order chi connectivity index (χ0) is 12.9. The first-order valence-corrected chi connectivity index (χ1v) is 7.08. The topological polar surface area (TPSA) is 96.6 Å². The highest BCUT2D eigenvalue weighted by molar-refractivity contribution is 7.90. The van der Waals surface area contributed by atoms with E-state index in [-0.39, 0.29) is 12.3 Å². The van der Waals surface area contributed by atoms with Crippen LogP contribution in [0.2, 0.25) is 0 Å². The van der Waals surface area contributed by atoms with Gasteiger partial charge in [0.05, 0.1) is 24.5 Å². The van der Waals surface area contributed by atoms with Crippen LogP contribution >= 0.6 is 0 Å². The number of carbonyl (C=O) groups is 1. The maximum absolute atomic E-state index is 11.0. The summed E-state index contributed by atoms with van der Waals surface area (Å²) in [6, 6.07) is 3.47. The first kappa shape index (κ1) is 13.7. The summed E-state index contributed by atoms with van der Waals surface area (Å²) in [6.45, 7) is 0.462. The molecule has 2 N–H and O–H groups in total. The summed E-state index contributed by atoms with van der Waals surface area (Å²) in [6.07, 6.45) is 2.54. The van der Waals surface area contributed by atoms with Gasteiger partial charge in [0.25, 0.3) is 0 Å². The number of nitrogens with one attached hydrogen (secondary N) is 1. The standard InChI is InChI=1S/C10H15NO5S/c1-17(14,15)7-8(10(12)13)5-11-6-9-3-2-4-16-9/h2-4,8,11H,5-7H2,1H3,(H,12,13). The molecule has 1 unspecified atom stereocenters. The lowest BCUT2D eigenvalue weighted by molar-refractivity contribution is -0.140. The molecular weight excluding hydrogens is 246 g/mol. The summed E-state index contributed by atoms with van der Waals surface area (Å²) in [5.74, 6) is -1.76. The monoisotopic (exact) mass is 261 g/mol. The molecule has 0 bridgehead atoms. The van der Waals surface area contributed by atoms with Gasteiger partial charge in [-0.1, -0.05) is 0 Å². The second-order valence-electron chi connectivity index (χ2n) is 3.84. The summed E-state index contributed by atoms with van der Waals surface area (Å²) in [4.78, 5) is 10.8. The van der Waals surface area contributed by atoms with Crippen LogP contribution in [0, 0.1) is 5.92 Å². The summed E-state index contributed by atoms with van der Waals surface area (Å²) >= 11 is 0. The second kappa shape index (κ2) is 5.83. The van der Waals surface area contributed by atoms with Crippen LogP contribution in [0.15, 0.2) is 22.8 Å². The first-order chi connectivity index (χ1) is 7.88. The minimum atomic E-state index is -3.30. The minimum absolute atomic E-state index is 0.0864. The molecule has 0 aliphatic rings. The van der Waals surface area contributed by atoms with E-state index in [9.17, 15) is 13.2 Å². The number of carboxylic acid groups (broad SMARTS) is 1. The van der Waals surface area contributed by atoms with E-state index in [1.165, 1.54) is 6.26 Å². The van der Waals surface area contributed by atoms with Crippen LogP contribution in [-0.2, 0) is 21.2 Å². The normalized spacial score (nSPS) is 13.5. The van der Waals surface area contributed by atoms with Gasteiger partial charge in [0.1, 0.15) is 15.6 Å². The van der Waals surface area contributed by atoms with E-state index in [1.54, 1.807) is 12.1 Å². The SMILES string of the molecule is CS(=O)(=O)CC(CNCc1ccco1)C(=O)O. The first-order valence-electron chi connectivity index (χ1n) is 5.02. The maximum atomic E-state index is 11.0. The molecule has 6 nitrogen and oxygen atoms in total. The van der Waals surface area contributed by atoms with Crippen molar-refractivity contribution in [3.05, 3.63) is 24.2 Å². The smallest absolute Gasteiger partial charge is 0.308 e. The lowest BCUT2D eigenvalue weighted by Gasteiger charge is -2.11. The van der Waals surface area contributed by atoms with Gasteiger partial charge >= 0.3 is 5.97 Å². The van der Waals surface area contributed by atoms with Crippen LogP contribution in [0.5, 0.6) is 0 Å². The average Bonchev–Trinajstić information content (AvgIpc) is 2.67. The van der Waals surface area contributed by atoms with Crippen LogP contribution in [0.4, 0.5) is 0 Å². The molecule has 0 aliphatic carbocycles. The molecule has 0 fully saturated rings. The molecule has 0 amide bonds. The number of aliphatic carboxylic acids is 1. The zero-order valence-corrected chi connectivity index (χ0v) is 10.2. The Morgan fingerprint density at radius 3 is 2.76 bits per heavy atom. The van der Waals surface area contributed by atoms with Crippen LogP contribution < -0.4 is 5.32 Å². The van der Waals surface area contributed by atoms with Crippen molar-refractivity contribution in [2.45, 2.75) is 6.54 Å². The quantitative estimate of drug-likeness (QED) is 0.723. The van der Waals surface area contributed by atoms with E-state index < -0.39 is 21.7 Å². The number of hydrogen-bond donors (Lipinski definition) is 2. The van der Waals surface area contributed by atoms with E-state index in [1.807, 2.05) is 0 Å². The van der Waals surface area contributed by atoms with E-state index in [4.69, 9.17) is 9.52 Å². The predicted octanol–water partition coefficient (Wildman–Crippen LogP) is 0.115. The highest BCUT2D eigenvalue weighted by Crippen LogP contribution is 2.03. The third-order valence-corrected chi connectivity index (χ3v) is 3.13. The van der Waals surface area contributed by atoms with Crippen LogP contribution in [0.25, 0.3) is 0 Å². The number of furan rings is 1. The van der Waals surface area contributed by atoms with Crippen molar-refractivity contribution in [2.24, 2.45) is 5.92 Å². The highest BCUT2D eigenvalue weighted by atomic mass is 32.2. The van der Waals surface area contributed by atoms with Gasteiger partial charge in [-0.25, -0.2) is 8.42 Å². The number of hydrogen-bond acceptors (Lipinski definition) is 5. The fraction of sp³-hybridized carbons (Fsp3) is 0.500. The van der Waals surface area contributed by atoms with Crippen molar-refractivity contribution in [1.82, 2.24) is 5.32 Å². The zero-order valence-electron chi connectivity index (χ0n) is 9.42. The van der Waals surface area contributed by atoms with Crippen molar-refractivity contribution in [1.29, 1.82) is 0 Å². The summed E-state index contributed by atoms with van der Waals surface area (Å²) in [5.41, 5.74) is 0. The molecule has 0 spiro atoms. The lowest BCUT2D eigenvalue weighted by Crippen LogP contribution is -2.33. The van der Waals surface area contributed by atoms with Gasteiger partial charge in [-0.2, -0.15) is 0 Å². The Kier molecular flexibility index (Phi) is 4.71. The Bertz CT molecular complexity index is 451. The molecule has 0 radical (unpaired) electrons. The molecule has 1 rings (SSSR count). The average molecular weight is 261 g/mol. The van der Waals surface area contributed by atoms with Gasteiger partial charge < -0.3 is 14.8 Å². The molecule has 17 heavy (non-hydrogen) atoms. The summed E-state index contributed by atoms with van der Waals surface area (Å²) in [7, 11) is -3.30. The van der Waals surface area contributed by atoms with Gasteiger partial charge in [-0.05, 0) is 12.1 Å². The molecule has 0 saturated heterocycles. The highest BCUT2D eigenvalue weighted by Gasteiger charge is 2.22. The summed E-state index contributed by atoms with van der Waals surface area (Å²) in [5, 5.41) is 11.7. The molecular formula is C10H15NO5S. The molecule has 0 aliphatic heterocycles. The minimum Gasteiger partial charge on any atom is -0.481 e. The second-order valence-corrected chi connectivity index (χ2v) is 6.02. The van der Waals surface area contributed by atoms with Crippen LogP contribution in [-0.4, -0.2) is 38.0 Å². The van der Waals surface area contributed by atoms with E-state index >= 15 is 0 Å². The predicted molar refractivity (Wildman–Crippen MR) is 61.3 cm³/mol. The Morgan fingerprint density at radius 1 is 1.59 bits per heavy atom. The molecule has 1 heterocycles. The Balaban J connectivity index is 2.42. The molecule has 1 aromatic heterocycles. The molecule has 0 saturated carbocycles. The Morgan fingerprint density at radius 2 is 2.29 bits per heavy atom. The number of sulfone groups is 1. The third kappa shape index (κ3) is 5.50. The van der Waals surface area contributed by atoms with Gasteiger partial charge in [-0.3, -0.25) is 4.79 Å². The molecule has 7 heteroatoms. The van der Waals surface area contributed by atoms with Gasteiger partial charge in [0, 0.05) is 12.8 Å². The molecule has 96 valence electrons. The molecule has 0 aromatic carbocycles. The van der Waals surface area contributed by atoms with Crippen LogP contribution in [0.3, 0.4) is 0 Å². The van der Waals surface area contributed by atoms with Crippen molar-refractivity contribution in [2.75, 3.05) is 18.6 Å². The number of carboxylic acids is 1. The number of rotatable bonds is 7. The molecule has 1 atom stereocenters. The van der Waals surface area contributed by atoms with Gasteiger partial charge in [-0.15, -0.1) is 0 Å². The van der Waals surface area contributed by atoms with Gasteiger partial charge in [0.15, 0.2) is 0 Å². The summed E-state index contributed by atoms with van der Waals surface area (Å²) < 4.78 is 27.1. The Hall–Kier alpha value is -1.34. The van der Waals surface area contributed by atoms with Crippen molar-refractivity contribution in [3.63, 3.8) is 0 Å². The van der Waals surface area contributed by atoms with E-state index in [0.29, 0.717) is 12.3 Å². The van der Waals surface area contributed by atoms with Gasteiger partial charge in [0.2, 0.25) is 0 Å². The van der Waals surface area contributed by atoms with Crippen molar-refractivity contribution < 1.29 is 22.7 Å². The van der Waals surface area contributed by atoms with E-state index in [2.05, 4.69) is 5.32 Å².